The topological polar surface area (TPSA) is 73.6 Å². The number of ether oxygens (including phenoxy) is 2. The van der Waals surface area contributed by atoms with Crippen molar-refractivity contribution in [1.82, 2.24) is 5.32 Å². The van der Waals surface area contributed by atoms with E-state index in [4.69, 9.17) is 15.2 Å². The third kappa shape index (κ3) is 2.76. The first-order valence-corrected chi connectivity index (χ1v) is 7.56. The summed E-state index contributed by atoms with van der Waals surface area (Å²) >= 11 is 0. The van der Waals surface area contributed by atoms with Gasteiger partial charge in [-0.1, -0.05) is 18.2 Å². The van der Waals surface area contributed by atoms with Crippen molar-refractivity contribution >= 4 is 5.91 Å². The summed E-state index contributed by atoms with van der Waals surface area (Å²) in [5.41, 5.74) is 6.47. The first kappa shape index (κ1) is 14.4. The molecule has 2 aliphatic heterocycles. The largest absolute Gasteiger partial charge is 0.493 e. The minimum atomic E-state index is -0.481. The van der Waals surface area contributed by atoms with Gasteiger partial charge in [0.15, 0.2) is 0 Å². The van der Waals surface area contributed by atoms with Crippen LogP contribution in [0.3, 0.4) is 0 Å². The molecule has 1 aromatic carbocycles. The third-order valence-corrected chi connectivity index (χ3v) is 4.59. The van der Waals surface area contributed by atoms with Crippen molar-refractivity contribution in [2.45, 2.75) is 25.3 Å². The molecule has 3 N–H and O–H groups in total. The molecule has 5 nitrogen and oxygen atoms in total. The van der Waals surface area contributed by atoms with Crippen molar-refractivity contribution in [2.24, 2.45) is 11.1 Å². The summed E-state index contributed by atoms with van der Waals surface area (Å²) < 4.78 is 11.0. The van der Waals surface area contributed by atoms with Crippen molar-refractivity contribution in [3.05, 3.63) is 29.8 Å². The first-order valence-electron chi connectivity index (χ1n) is 7.56. The lowest BCUT2D eigenvalue weighted by atomic mass is 9.79. The summed E-state index contributed by atoms with van der Waals surface area (Å²) in [7, 11) is 0. The van der Waals surface area contributed by atoms with E-state index in [2.05, 4.69) is 5.32 Å². The van der Waals surface area contributed by atoms with E-state index >= 15 is 0 Å². The zero-order chi connectivity index (χ0) is 14.7. The fraction of sp³-hybridized carbons (Fsp3) is 0.562. The molecule has 1 fully saturated rings. The Morgan fingerprint density at radius 1 is 1.29 bits per heavy atom. The molecule has 0 bridgehead atoms. The summed E-state index contributed by atoms with van der Waals surface area (Å²) in [6.45, 7) is 2.21. The van der Waals surface area contributed by atoms with Crippen molar-refractivity contribution in [1.29, 1.82) is 0 Å². The van der Waals surface area contributed by atoms with Gasteiger partial charge in [0.05, 0.1) is 18.1 Å². The zero-order valence-corrected chi connectivity index (χ0v) is 12.1. The third-order valence-electron chi connectivity index (χ3n) is 4.59. The Kier molecular flexibility index (Phi) is 4.12. The molecule has 1 unspecified atom stereocenters. The van der Waals surface area contributed by atoms with E-state index in [9.17, 15) is 4.79 Å². The lowest BCUT2D eigenvalue weighted by Crippen LogP contribution is -2.50. The van der Waals surface area contributed by atoms with Crippen LogP contribution in [0.5, 0.6) is 5.75 Å². The average Bonchev–Trinajstić information content (AvgIpc) is 2.56. The maximum absolute atomic E-state index is 12.7. The van der Waals surface area contributed by atoms with Gasteiger partial charge in [-0.25, -0.2) is 0 Å². The molecule has 2 aliphatic rings. The molecule has 0 radical (unpaired) electrons. The van der Waals surface area contributed by atoms with Gasteiger partial charge in [0.1, 0.15) is 5.75 Å². The number of para-hydroxylation sites is 1. The van der Waals surface area contributed by atoms with Crippen LogP contribution < -0.4 is 15.8 Å². The van der Waals surface area contributed by atoms with Crippen LogP contribution in [0.1, 0.15) is 30.9 Å². The Balaban J connectivity index is 1.76. The zero-order valence-electron chi connectivity index (χ0n) is 12.1. The normalized spacial score (nSPS) is 23.8. The standard InChI is InChI=1S/C16H22N2O3/c17-11-16(6-9-20-10-7-16)15(19)18-13-5-8-21-14-4-2-1-3-12(13)14/h1-4,13H,5-11,17H2,(H,18,19). The molecule has 0 spiro atoms. The minimum absolute atomic E-state index is 0.00807. The fourth-order valence-electron chi connectivity index (χ4n) is 3.09. The lowest BCUT2D eigenvalue weighted by Gasteiger charge is -2.37. The predicted molar refractivity (Wildman–Crippen MR) is 79.0 cm³/mol. The molecular weight excluding hydrogens is 268 g/mol. The number of carbonyl (C=O) groups excluding carboxylic acids is 1. The monoisotopic (exact) mass is 290 g/mol. The van der Waals surface area contributed by atoms with Crippen LogP contribution in [0.4, 0.5) is 0 Å². The number of carbonyl (C=O) groups is 1. The van der Waals surface area contributed by atoms with E-state index in [0.29, 0.717) is 39.2 Å². The molecule has 5 heteroatoms. The van der Waals surface area contributed by atoms with Crippen LogP contribution in [-0.4, -0.2) is 32.3 Å². The number of nitrogens with two attached hydrogens (primary N) is 1. The van der Waals surface area contributed by atoms with Gasteiger partial charge in [-0.15, -0.1) is 0 Å². The molecule has 21 heavy (non-hydrogen) atoms. The Hall–Kier alpha value is -1.59. The molecule has 1 atom stereocenters. The van der Waals surface area contributed by atoms with Gasteiger partial charge in [0.25, 0.3) is 0 Å². The molecule has 0 aromatic heterocycles. The SMILES string of the molecule is NCC1(C(=O)NC2CCOc3ccccc32)CCOCC1. The lowest BCUT2D eigenvalue weighted by molar-refractivity contribution is -0.136. The highest BCUT2D eigenvalue weighted by molar-refractivity contribution is 5.83. The van der Waals surface area contributed by atoms with Gasteiger partial charge in [0.2, 0.25) is 5.91 Å². The summed E-state index contributed by atoms with van der Waals surface area (Å²) in [5.74, 6) is 0.915. The second kappa shape index (κ2) is 6.03. The Morgan fingerprint density at radius 3 is 2.81 bits per heavy atom. The maximum atomic E-state index is 12.7. The van der Waals surface area contributed by atoms with Gasteiger partial charge in [-0.05, 0) is 18.9 Å². The molecule has 1 aromatic rings. The molecule has 1 amide bonds. The number of fused-ring (bicyclic) bond motifs is 1. The highest BCUT2D eigenvalue weighted by Crippen LogP contribution is 2.34. The Bertz CT molecular complexity index is 512. The van der Waals surface area contributed by atoms with Crippen LogP contribution in [0, 0.1) is 5.41 Å². The number of amides is 1. The number of hydrogen-bond acceptors (Lipinski definition) is 4. The number of hydrogen-bond donors (Lipinski definition) is 2. The van der Waals surface area contributed by atoms with Gasteiger partial charge in [-0.2, -0.15) is 0 Å². The quantitative estimate of drug-likeness (QED) is 0.882. The second-order valence-corrected chi connectivity index (χ2v) is 5.80. The molecule has 1 saturated heterocycles. The van der Waals surface area contributed by atoms with Crippen LogP contribution in [-0.2, 0) is 9.53 Å². The second-order valence-electron chi connectivity index (χ2n) is 5.80. The van der Waals surface area contributed by atoms with Gasteiger partial charge >= 0.3 is 0 Å². The van der Waals surface area contributed by atoms with E-state index in [-0.39, 0.29) is 11.9 Å². The van der Waals surface area contributed by atoms with Crippen LogP contribution in [0.25, 0.3) is 0 Å². The fourth-order valence-corrected chi connectivity index (χ4v) is 3.09. The van der Waals surface area contributed by atoms with E-state index in [1.165, 1.54) is 0 Å². The van der Waals surface area contributed by atoms with Crippen molar-refractivity contribution in [3.8, 4) is 5.75 Å². The first-order chi connectivity index (χ1) is 10.2. The van der Waals surface area contributed by atoms with Gasteiger partial charge in [0, 0.05) is 31.7 Å². The molecule has 3 rings (SSSR count). The highest BCUT2D eigenvalue weighted by Gasteiger charge is 2.40. The maximum Gasteiger partial charge on any atom is 0.228 e. The summed E-state index contributed by atoms with van der Waals surface area (Å²) in [6, 6.07) is 7.89. The van der Waals surface area contributed by atoms with Crippen molar-refractivity contribution in [2.75, 3.05) is 26.4 Å². The predicted octanol–water partition coefficient (Wildman–Crippen LogP) is 1.38. The smallest absolute Gasteiger partial charge is 0.228 e. The van der Waals surface area contributed by atoms with Crippen molar-refractivity contribution in [3.63, 3.8) is 0 Å². The van der Waals surface area contributed by atoms with Gasteiger partial charge in [-0.3, -0.25) is 4.79 Å². The molecular formula is C16H22N2O3. The van der Waals surface area contributed by atoms with E-state index in [1.54, 1.807) is 0 Å². The van der Waals surface area contributed by atoms with Crippen LogP contribution in [0.2, 0.25) is 0 Å². The molecule has 0 saturated carbocycles. The molecule has 114 valence electrons. The van der Waals surface area contributed by atoms with E-state index in [1.807, 2.05) is 24.3 Å². The summed E-state index contributed by atoms with van der Waals surface area (Å²) in [5, 5.41) is 3.18. The molecule has 2 heterocycles. The molecule has 0 aliphatic carbocycles. The highest BCUT2D eigenvalue weighted by atomic mass is 16.5. The number of benzene rings is 1. The van der Waals surface area contributed by atoms with E-state index in [0.717, 1.165) is 17.7 Å². The Labute approximate surface area is 124 Å². The van der Waals surface area contributed by atoms with Crippen LogP contribution in [0.15, 0.2) is 24.3 Å². The van der Waals surface area contributed by atoms with Gasteiger partial charge < -0.3 is 20.5 Å². The van der Waals surface area contributed by atoms with Crippen LogP contribution >= 0.6 is 0 Å². The minimum Gasteiger partial charge on any atom is -0.493 e. The number of rotatable bonds is 3. The summed E-state index contributed by atoms with van der Waals surface area (Å²) in [6.07, 6.45) is 2.18. The van der Waals surface area contributed by atoms with E-state index < -0.39 is 5.41 Å². The average molecular weight is 290 g/mol. The van der Waals surface area contributed by atoms with Crippen molar-refractivity contribution < 1.29 is 14.3 Å². The number of nitrogens with one attached hydrogen (secondary N) is 1. The Morgan fingerprint density at radius 2 is 2.05 bits per heavy atom. The summed E-state index contributed by atoms with van der Waals surface area (Å²) in [4.78, 5) is 12.7.